The van der Waals surface area contributed by atoms with Crippen molar-refractivity contribution in [3.63, 3.8) is 0 Å². The van der Waals surface area contributed by atoms with Crippen LogP contribution in [0.25, 0.3) is 0 Å². The minimum absolute atomic E-state index is 0.0597. The van der Waals surface area contributed by atoms with Crippen LogP contribution in [0.1, 0.15) is 58.3 Å². The Morgan fingerprint density at radius 2 is 1.93 bits per heavy atom. The molecule has 0 heterocycles. The van der Waals surface area contributed by atoms with Crippen molar-refractivity contribution in [1.29, 1.82) is 0 Å². The van der Waals surface area contributed by atoms with Crippen LogP contribution in [0.3, 0.4) is 0 Å². The first-order valence-electron chi connectivity index (χ1n) is 6.58. The van der Waals surface area contributed by atoms with Crippen LogP contribution in [0.4, 0.5) is 0 Å². The Kier molecular flexibility index (Phi) is 3.09. The number of hydrogen-bond acceptors (Lipinski definition) is 2. The van der Waals surface area contributed by atoms with Crippen molar-refractivity contribution < 1.29 is 5.11 Å². The lowest BCUT2D eigenvalue weighted by Crippen LogP contribution is -2.49. The van der Waals surface area contributed by atoms with Crippen LogP contribution in [0.15, 0.2) is 0 Å². The van der Waals surface area contributed by atoms with E-state index in [4.69, 9.17) is 5.73 Å². The van der Waals surface area contributed by atoms with Crippen molar-refractivity contribution in [2.75, 3.05) is 6.54 Å². The molecule has 2 saturated carbocycles. The minimum Gasteiger partial charge on any atom is -0.389 e. The first-order valence-corrected chi connectivity index (χ1v) is 6.58. The molecule has 2 aliphatic carbocycles. The van der Waals surface area contributed by atoms with Gasteiger partial charge in [-0.3, -0.25) is 0 Å². The molecule has 2 fully saturated rings. The van der Waals surface area contributed by atoms with E-state index in [-0.39, 0.29) is 5.41 Å². The van der Waals surface area contributed by atoms with Crippen molar-refractivity contribution in [3.05, 3.63) is 0 Å². The second-order valence-electron chi connectivity index (χ2n) is 5.74. The molecule has 2 atom stereocenters. The highest BCUT2D eigenvalue weighted by Gasteiger charge is 2.53. The molecule has 2 heteroatoms. The van der Waals surface area contributed by atoms with Gasteiger partial charge in [-0.25, -0.2) is 0 Å². The van der Waals surface area contributed by atoms with E-state index in [0.29, 0.717) is 6.54 Å². The fourth-order valence-electron chi connectivity index (χ4n) is 3.87. The van der Waals surface area contributed by atoms with Crippen molar-refractivity contribution in [3.8, 4) is 0 Å². The predicted molar refractivity (Wildman–Crippen MR) is 62.5 cm³/mol. The second kappa shape index (κ2) is 4.06. The van der Waals surface area contributed by atoms with Crippen LogP contribution in [0.2, 0.25) is 0 Å². The highest BCUT2D eigenvalue weighted by molar-refractivity contribution is 5.05. The summed E-state index contributed by atoms with van der Waals surface area (Å²) in [6.07, 6.45) is 9.19. The van der Waals surface area contributed by atoms with Gasteiger partial charge < -0.3 is 10.8 Å². The van der Waals surface area contributed by atoms with Gasteiger partial charge in [0, 0.05) is 12.0 Å². The van der Waals surface area contributed by atoms with Gasteiger partial charge in [0.1, 0.15) is 0 Å². The van der Waals surface area contributed by atoms with Crippen molar-refractivity contribution >= 4 is 0 Å². The highest BCUT2D eigenvalue weighted by Crippen LogP contribution is 2.54. The molecule has 0 aromatic rings. The molecule has 0 radical (unpaired) electrons. The largest absolute Gasteiger partial charge is 0.389 e. The van der Waals surface area contributed by atoms with Gasteiger partial charge in [0.15, 0.2) is 0 Å². The highest BCUT2D eigenvalue weighted by atomic mass is 16.3. The third kappa shape index (κ3) is 1.72. The second-order valence-corrected chi connectivity index (χ2v) is 5.74. The zero-order valence-corrected chi connectivity index (χ0v) is 9.97. The summed E-state index contributed by atoms with van der Waals surface area (Å²) in [5, 5.41) is 10.8. The molecule has 2 unspecified atom stereocenters. The summed E-state index contributed by atoms with van der Waals surface area (Å²) in [5.41, 5.74) is 5.63. The predicted octanol–water partition coefficient (Wildman–Crippen LogP) is 2.45. The van der Waals surface area contributed by atoms with E-state index in [0.717, 1.165) is 31.6 Å². The van der Waals surface area contributed by atoms with Gasteiger partial charge in [-0.2, -0.15) is 0 Å². The molecule has 0 bridgehead atoms. The lowest BCUT2D eigenvalue weighted by atomic mass is 9.68. The van der Waals surface area contributed by atoms with Crippen LogP contribution < -0.4 is 5.73 Å². The molecule has 88 valence electrons. The topological polar surface area (TPSA) is 46.2 Å². The number of aliphatic hydroxyl groups is 1. The Balaban J connectivity index is 2.15. The maximum Gasteiger partial charge on any atom is 0.0715 e. The third-order valence-corrected chi connectivity index (χ3v) is 5.10. The van der Waals surface area contributed by atoms with Crippen LogP contribution in [-0.2, 0) is 0 Å². The molecule has 0 saturated heterocycles. The summed E-state index contributed by atoms with van der Waals surface area (Å²) in [5.74, 6) is 0.804. The van der Waals surface area contributed by atoms with E-state index in [1.807, 2.05) is 0 Å². The average Bonchev–Trinajstić information content (AvgIpc) is 2.85. The van der Waals surface area contributed by atoms with E-state index in [1.54, 1.807) is 0 Å². The summed E-state index contributed by atoms with van der Waals surface area (Å²) in [4.78, 5) is 0. The molecule has 15 heavy (non-hydrogen) atoms. The van der Waals surface area contributed by atoms with Gasteiger partial charge in [-0.05, 0) is 38.0 Å². The fourth-order valence-corrected chi connectivity index (χ4v) is 3.87. The monoisotopic (exact) mass is 211 g/mol. The molecule has 2 rings (SSSR count). The molecular formula is C13H25NO. The Bertz CT molecular complexity index is 223. The first kappa shape index (κ1) is 11.4. The molecule has 0 aromatic heterocycles. The summed E-state index contributed by atoms with van der Waals surface area (Å²) in [6, 6.07) is 0. The van der Waals surface area contributed by atoms with E-state index in [1.165, 1.54) is 25.7 Å². The number of nitrogens with two attached hydrogens (primary N) is 1. The summed E-state index contributed by atoms with van der Waals surface area (Å²) >= 11 is 0. The van der Waals surface area contributed by atoms with Crippen molar-refractivity contribution in [1.82, 2.24) is 0 Å². The fraction of sp³-hybridized carbons (Fsp3) is 1.00. The smallest absolute Gasteiger partial charge is 0.0715 e. The van der Waals surface area contributed by atoms with Gasteiger partial charge in [0.2, 0.25) is 0 Å². The van der Waals surface area contributed by atoms with Gasteiger partial charge in [-0.15, -0.1) is 0 Å². The molecule has 2 aliphatic rings. The van der Waals surface area contributed by atoms with E-state index >= 15 is 0 Å². The Morgan fingerprint density at radius 3 is 2.40 bits per heavy atom. The first-order chi connectivity index (χ1) is 7.16. The maximum absolute atomic E-state index is 10.8. The van der Waals surface area contributed by atoms with E-state index in [2.05, 4.69) is 6.92 Å². The Labute approximate surface area is 93.2 Å². The SMILES string of the molecule is CCC1CCC(CN)(C2(O)CCCC2)C1. The minimum atomic E-state index is -0.425. The molecule has 2 nitrogen and oxygen atoms in total. The van der Waals surface area contributed by atoms with Gasteiger partial charge in [0.05, 0.1) is 5.60 Å². The molecule has 3 N–H and O–H groups in total. The van der Waals surface area contributed by atoms with Gasteiger partial charge in [-0.1, -0.05) is 26.2 Å². The van der Waals surface area contributed by atoms with Crippen LogP contribution >= 0.6 is 0 Å². The Morgan fingerprint density at radius 1 is 1.27 bits per heavy atom. The zero-order chi connectivity index (χ0) is 10.9. The standard InChI is InChI=1S/C13H25NO/c1-2-11-5-8-12(9-11,10-14)13(15)6-3-4-7-13/h11,15H,2-10,14H2,1H3. The summed E-state index contributed by atoms with van der Waals surface area (Å²) in [7, 11) is 0. The van der Waals surface area contributed by atoms with Gasteiger partial charge in [0.25, 0.3) is 0 Å². The molecule has 0 aliphatic heterocycles. The Hall–Kier alpha value is -0.0800. The average molecular weight is 211 g/mol. The van der Waals surface area contributed by atoms with Crippen LogP contribution in [0, 0.1) is 11.3 Å². The lowest BCUT2D eigenvalue weighted by molar-refractivity contribution is -0.0746. The molecule has 0 spiro atoms. The lowest BCUT2D eigenvalue weighted by Gasteiger charge is -2.42. The van der Waals surface area contributed by atoms with Crippen molar-refractivity contribution in [2.24, 2.45) is 17.1 Å². The molecule has 0 amide bonds. The van der Waals surface area contributed by atoms with E-state index in [9.17, 15) is 5.11 Å². The molecular weight excluding hydrogens is 186 g/mol. The normalized spacial score (nSPS) is 39.8. The molecule has 0 aromatic carbocycles. The van der Waals surface area contributed by atoms with Crippen LogP contribution in [0.5, 0.6) is 0 Å². The van der Waals surface area contributed by atoms with Crippen LogP contribution in [-0.4, -0.2) is 17.3 Å². The van der Waals surface area contributed by atoms with E-state index < -0.39 is 5.60 Å². The van der Waals surface area contributed by atoms with Crippen molar-refractivity contribution in [2.45, 2.75) is 63.9 Å². The summed E-state index contributed by atoms with van der Waals surface area (Å²) < 4.78 is 0. The summed E-state index contributed by atoms with van der Waals surface area (Å²) in [6.45, 7) is 2.94. The number of hydrogen-bond donors (Lipinski definition) is 2. The maximum atomic E-state index is 10.8. The van der Waals surface area contributed by atoms with Gasteiger partial charge >= 0.3 is 0 Å². The number of rotatable bonds is 3. The quantitative estimate of drug-likeness (QED) is 0.753. The zero-order valence-electron chi connectivity index (χ0n) is 9.97. The third-order valence-electron chi connectivity index (χ3n) is 5.10.